The molecule has 0 atom stereocenters. The molecule has 0 amide bonds. The molecule has 0 aliphatic heterocycles. The average molecular weight is 1560 g/mol. The van der Waals surface area contributed by atoms with Gasteiger partial charge in [-0.3, -0.25) is 0 Å². The van der Waals surface area contributed by atoms with Gasteiger partial charge < -0.3 is 9.90 Å². The third-order valence-electron chi connectivity index (χ3n) is 22.1. The molecule has 0 bridgehead atoms. The summed E-state index contributed by atoms with van der Waals surface area (Å²) in [4.78, 5) is 8.89. The van der Waals surface area contributed by atoms with E-state index >= 15 is 0 Å². The summed E-state index contributed by atoms with van der Waals surface area (Å²) in [6.45, 7) is 14.9. The van der Waals surface area contributed by atoms with E-state index in [-0.39, 0.29) is 0 Å². The molecular formula is C92H182O2Sn2. The van der Waals surface area contributed by atoms with E-state index in [2.05, 4.69) is 71.9 Å². The maximum atomic E-state index is 8.89. The summed E-state index contributed by atoms with van der Waals surface area (Å²) >= 11 is -3.54. The quantitative estimate of drug-likeness (QED) is 0.0482. The fraction of sp³-hybridized carbons (Fsp3) is 0.924. The summed E-state index contributed by atoms with van der Waals surface area (Å²) in [6, 6.07) is 12.2. The van der Waals surface area contributed by atoms with E-state index in [1.807, 2.05) is 3.58 Å². The zero-order valence-electron chi connectivity index (χ0n) is 67.9. The zero-order chi connectivity index (χ0) is 69.9. The molecular weight excluding hydrogens is 1370 g/mol. The van der Waals surface area contributed by atoms with Crippen LogP contribution in [-0.2, 0) is 4.79 Å². The Kier molecular flexibility index (Phi) is 89.8. The van der Waals surface area contributed by atoms with Gasteiger partial charge in [0.2, 0.25) is 0 Å². The first-order valence-electron chi connectivity index (χ1n) is 45.4. The zero-order valence-corrected chi connectivity index (χ0v) is 73.6. The third-order valence-corrected chi connectivity index (χ3v) is 46.8. The minimum absolute atomic E-state index is 0.972. The number of unbranched alkanes of at least 4 members (excludes halogenated alkanes) is 66. The number of carbonyl (C=O) groups is 1. The van der Waals surface area contributed by atoms with Crippen molar-refractivity contribution in [2.24, 2.45) is 0 Å². The Bertz CT molecular complexity index is 1370. The molecule has 1 aromatic carbocycles. The van der Waals surface area contributed by atoms with Gasteiger partial charge in [0.15, 0.2) is 0 Å². The predicted octanol–water partition coefficient (Wildman–Crippen LogP) is 32.8. The number of benzene rings is 1. The van der Waals surface area contributed by atoms with E-state index in [0.717, 1.165) is 6.92 Å². The third kappa shape index (κ3) is 80.0. The Hall–Kier alpha value is 0.287. The topological polar surface area (TPSA) is 40.1 Å². The van der Waals surface area contributed by atoms with Gasteiger partial charge in [0.05, 0.1) is 0 Å². The molecule has 0 radical (unpaired) electrons. The molecule has 0 heterocycles. The second-order valence-corrected chi connectivity index (χ2v) is 53.5. The number of hydrogen-bond acceptors (Lipinski definition) is 2. The summed E-state index contributed by atoms with van der Waals surface area (Å²) in [5.74, 6) is -1.08. The molecule has 0 unspecified atom stereocenters. The van der Waals surface area contributed by atoms with Gasteiger partial charge in [-0.05, 0) is 6.92 Å². The Morgan fingerprint density at radius 2 is 0.375 bits per heavy atom. The molecule has 0 saturated heterocycles. The predicted molar refractivity (Wildman–Crippen MR) is 444 cm³/mol. The van der Waals surface area contributed by atoms with Crippen LogP contribution in [0.4, 0.5) is 0 Å². The van der Waals surface area contributed by atoms with Gasteiger partial charge in [-0.15, -0.1) is 0 Å². The van der Waals surface area contributed by atoms with Gasteiger partial charge in [0.25, 0.3) is 0 Å². The fourth-order valence-corrected chi connectivity index (χ4v) is 39.2. The molecule has 4 heteroatoms. The second-order valence-electron chi connectivity index (χ2n) is 31.7. The first-order chi connectivity index (χ1) is 47.4. The Balaban J connectivity index is 0. The van der Waals surface area contributed by atoms with Gasteiger partial charge in [-0.25, -0.2) is 0 Å². The molecule has 2 nitrogen and oxygen atoms in total. The number of carboxylic acid groups (broad SMARTS) is 1. The molecule has 1 aromatic rings. The monoisotopic (exact) mass is 1560 g/mol. The van der Waals surface area contributed by atoms with Crippen molar-refractivity contribution in [2.75, 3.05) is 0 Å². The van der Waals surface area contributed by atoms with Crippen molar-refractivity contribution in [2.45, 2.75) is 537 Å². The van der Waals surface area contributed by atoms with Crippen molar-refractivity contribution in [3.63, 3.8) is 0 Å². The minimum atomic E-state index is -2.42. The van der Waals surface area contributed by atoms with E-state index in [1.165, 1.54) is 424 Å². The van der Waals surface area contributed by atoms with Crippen LogP contribution in [0.25, 0.3) is 0 Å². The summed E-state index contributed by atoms with van der Waals surface area (Å²) in [5.41, 5.74) is 0. The number of carboxylic acids is 1. The molecule has 96 heavy (non-hydrogen) atoms. The molecule has 0 saturated carbocycles. The Labute approximate surface area is 620 Å². The van der Waals surface area contributed by atoms with Crippen LogP contribution < -0.4 is 8.69 Å². The molecule has 1 rings (SSSR count). The molecule has 0 spiro atoms. The average Bonchev–Trinajstić information content (AvgIpc) is 0.856. The number of hydrogen-bond donors (Lipinski definition) is 0. The number of rotatable bonds is 79. The molecule has 0 aliphatic carbocycles. The van der Waals surface area contributed by atoms with Crippen molar-refractivity contribution >= 4 is 47.7 Å². The van der Waals surface area contributed by atoms with Crippen LogP contribution in [0.15, 0.2) is 30.3 Å². The van der Waals surface area contributed by atoms with Gasteiger partial charge >= 0.3 is 522 Å². The van der Waals surface area contributed by atoms with Crippen molar-refractivity contribution in [1.82, 2.24) is 0 Å². The number of carbonyl (C=O) groups excluding carboxylic acids is 1. The van der Waals surface area contributed by atoms with Gasteiger partial charge in [0, 0.05) is 5.97 Å². The summed E-state index contributed by atoms with van der Waals surface area (Å²) in [6.07, 6.45) is 107. The first kappa shape index (κ1) is 98.3. The molecule has 0 fully saturated rings. The molecule has 0 N–H and O–H groups in total. The summed E-state index contributed by atoms with van der Waals surface area (Å²) in [7, 11) is 0. The van der Waals surface area contributed by atoms with Gasteiger partial charge in [0.1, 0.15) is 0 Å². The standard InChI is InChI=1S/6C14H29.C6H5.C2H4O2.2Sn/c6*1-3-5-7-9-11-13-14-12-10-8-6-4-2;1-2-4-6-5-3-1;1-2(3)4;;/h6*1,3-14H2,2H3;1-5H;1H3,(H,3,4);;/q;;;;;;;;;+1/p-1. The van der Waals surface area contributed by atoms with Crippen molar-refractivity contribution in [3.05, 3.63) is 30.3 Å². The van der Waals surface area contributed by atoms with Crippen molar-refractivity contribution in [1.29, 1.82) is 0 Å². The van der Waals surface area contributed by atoms with E-state index in [0.29, 0.717) is 0 Å². The van der Waals surface area contributed by atoms with Gasteiger partial charge in [-0.1, -0.05) is 80.1 Å². The van der Waals surface area contributed by atoms with E-state index in [1.54, 1.807) is 65.1 Å². The molecule has 0 aliphatic rings. The van der Waals surface area contributed by atoms with Crippen molar-refractivity contribution in [3.8, 4) is 0 Å². The normalized spacial score (nSPS) is 11.5. The van der Waals surface area contributed by atoms with E-state index in [4.69, 9.17) is 9.90 Å². The maximum absolute atomic E-state index is 8.89. The van der Waals surface area contributed by atoms with Crippen LogP contribution in [-0.4, -0.2) is 44.1 Å². The summed E-state index contributed by atoms with van der Waals surface area (Å²) < 4.78 is 12.0. The van der Waals surface area contributed by atoms with Gasteiger partial charge in [-0.2, -0.15) is 0 Å². The van der Waals surface area contributed by atoms with Crippen LogP contribution in [0, 0.1) is 0 Å². The molecule has 570 valence electrons. The Morgan fingerprint density at radius 3 is 0.531 bits per heavy atom. The van der Waals surface area contributed by atoms with Crippen LogP contribution >= 0.6 is 0 Å². The molecule has 0 aromatic heterocycles. The van der Waals surface area contributed by atoms with Crippen LogP contribution in [0.2, 0.25) is 26.6 Å². The van der Waals surface area contributed by atoms with Crippen molar-refractivity contribution < 1.29 is 9.90 Å². The summed E-state index contributed by atoms with van der Waals surface area (Å²) in [5, 5.41) is 8.89. The van der Waals surface area contributed by atoms with E-state index in [9.17, 15) is 0 Å². The second kappa shape index (κ2) is 87.7. The SMILES string of the molecule is CC(=O)[O-].CCCCCCCCCCCCC[CH2][Sn+]([CH2]CCCCCCCCCCCCC)[CH2]CCCCCCCCCCCCC.CCCCCCCCCCCCC[CH2][Sn]([CH2]CCCCCCCCCCCCC)([CH2]CCCCCCCCCCCCC)[c]1ccccc1. The van der Waals surface area contributed by atoms with Crippen LogP contribution in [0.1, 0.15) is 511 Å². The van der Waals surface area contributed by atoms with Crippen LogP contribution in [0.3, 0.4) is 0 Å². The van der Waals surface area contributed by atoms with E-state index < -0.39 is 44.1 Å². The van der Waals surface area contributed by atoms with Crippen LogP contribution in [0.5, 0.6) is 0 Å². The number of aliphatic carboxylic acids is 1. The fourth-order valence-electron chi connectivity index (χ4n) is 15.5. The first-order valence-corrected chi connectivity index (χ1v) is 59.0. The Morgan fingerprint density at radius 1 is 0.240 bits per heavy atom.